The van der Waals surface area contributed by atoms with Crippen molar-refractivity contribution >= 4 is 39.1 Å². The molecule has 2 aromatic rings. The molecule has 0 saturated carbocycles. The molecule has 2 aromatic carbocycles. The first-order valence-electron chi connectivity index (χ1n) is 6.10. The largest absolute Gasteiger partial charge is 0.493 e. The van der Waals surface area contributed by atoms with Gasteiger partial charge in [-0.2, -0.15) is 0 Å². The summed E-state index contributed by atoms with van der Waals surface area (Å²) in [5, 5.41) is 10.6. The zero-order valence-electron chi connectivity index (χ0n) is 11.2. The number of rotatable bonds is 5. The van der Waals surface area contributed by atoms with Gasteiger partial charge in [-0.05, 0) is 24.3 Å². The number of hydrogen-bond donors (Lipinski definition) is 1. The Morgan fingerprint density at radius 1 is 1.10 bits per heavy atom. The topological polar surface area (TPSA) is 38.7 Å². The van der Waals surface area contributed by atoms with Gasteiger partial charge in [0.05, 0.1) is 13.7 Å². The third-order valence-corrected chi connectivity index (χ3v) is 4.42. The molecule has 0 heterocycles. The number of halogens is 3. The maximum absolute atomic E-state index is 9.51. The lowest BCUT2D eigenvalue weighted by molar-refractivity contribution is 0.249. The van der Waals surface area contributed by atoms with Crippen LogP contribution in [0.5, 0.6) is 11.5 Å². The third kappa shape index (κ3) is 3.64. The van der Waals surface area contributed by atoms with Gasteiger partial charge in [-0.15, -0.1) is 0 Å². The predicted molar refractivity (Wildman–Crippen MR) is 87.4 cm³/mol. The lowest BCUT2D eigenvalue weighted by Crippen LogP contribution is -2.03. The van der Waals surface area contributed by atoms with E-state index in [1.165, 1.54) is 0 Å². The van der Waals surface area contributed by atoms with Crippen molar-refractivity contribution in [1.29, 1.82) is 0 Å². The first kappa shape index (κ1) is 16.4. The molecule has 0 aliphatic rings. The molecule has 0 aliphatic carbocycles. The Kier molecular flexibility index (Phi) is 5.76. The van der Waals surface area contributed by atoms with E-state index in [4.69, 9.17) is 32.7 Å². The molecule has 0 aromatic heterocycles. The summed E-state index contributed by atoms with van der Waals surface area (Å²) in [5.74, 6) is 0.996. The maximum Gasteiger partial charge on any atom is 0.168 e. The van der Waals surface area contributed by atoms with Crippen LogP contribution in [-0.4, -0.2) is 12.2 Å². The fourth-order valence-electron chi connectivity index (χ4n) is 1.86. The number of aliphatic hydroxyl groups excluding tert-OH is 1. The molecule has 21 heavy (non-hydrogen) atoms. The van der Waals surface area contributed by atoms with Crippen LogP contribution in [0.3, 0.4) is 0 Å². The average Bonchev–Trinajstić information content (AvgIpc) is 2.47. The van der Waals surface area contributed by atoms with Crippen LogP contribution in [0.15, 0.2) is 34.8 Å². The molecule has 0 aliphatic heterocycles. The second kappa shape index (κ2) is 7.36. The Morgan fingerprint density at radius 3 is 2.33 bits per heavy atom. The Morgan fingerprint density at radius 2 is 1.76 bits per heavy atom. The minimum atomic E-state index is -0.177. The van der Waals surface area contributed by atoms with Crippen LogP contribution in [-0.2, 0) is 13.2 Å². The van der Waals surface area contributed by atoms with E-state index in [1.54, 1.807) is 37.4 Å². The number of ether oxygens (including phenoxy) is 2. The predicted octanol–water partition coefficient (Wildman–Crippen LogP) is 4.84. The van der Waals surface area contributed by atoms with Crippen LogP contribution in [0.1, 0.15) is 11.1 Å². The second-order valence-corrected chi connectivity index (χ2v) is 5.87. The molecule has 0 unspecified atom stereocenters. The molecular formula is C15H13BrCl2O3. The summed E-state index contributed by atoms with van der Waals surface area (Å²) in [4.78, 5) is 0. The zero-order chi connectivity index (χ0) is 15.4. The van der Waals surface area contributed by atoms with Gasteiger partial charge in [0, 0.05) is 25.6 Å². The molecule has 0 saturated heterocycles. The highest BCUT2D eigenvalue weighted by Crippen LogP contribution is 2.37. The normalized spacial score (nSPS) is 10.5. The summed E-state index contributed by atoms with van der Waals surface area (Å²) in [7, 11) is 1.54. The van der Waals surface area contributed by atoms with E-state index >= 15 is 0 Å². The third-order valence-electron chi connectivity index (χ3n) is 2.97. The first-order chi connectivity index (χ1) is 10.1. The summed E-state index contributed by atoms with van der Waals surface area (Å²) in [6.07, 6.45) is 0. The van der Waals surface area contributed by atoms with Crippen molar-refractivity contribution < 1.29 is 14.6 Å². The monoisotopic (exact) mass is 390 g/mol. The minimum Gasteiger partial charge on any atom is -0.493 e. The Labute approximate surface area is 141 Å². The molecule has 0 amide bonds. The van der Waals surface area contributed by atoms with Gasteiger partial charge < -0.3 is 14.6 Å². The molecule has 0 fully saturated rings. The molecule has 2 rings (SSSR count). The van der Waals surface area contributed by atoms with Crippen molar-refractivity contribution in [3.63, 3.8) is 0 Å². The van der Waals surface area contributed by atoms with Crippen molar-refractivity contribution in [2.45, 2.75) is 13.2 Å². The van der Waals surface area contributed by atoms with Gasteiger partial charge in [0.2, 0.25) is 0 Å². The van der Waals surface area contributed by atoms with Crippen LogP contribution in [0.2, 0.25) is 10.0 Å². The lowest BCUT2D eigenvalue weighted by Gasteiger charge is -2.16. The van der Waals surface area contributed by atoms with E-state index in [-0.39, 0.29) is 13.2 Å². The standard InChI is InChI=1S/C15H13BrCl2O3/c1-20-14-6-5-11(16)9(7-19)15(14)21-8-10-12(17)3-2-4-13(10)18/h2-6,19H,7-8H2,1H3. The average molecular weight is 392 g/mol. The molecule has 0 atom stereocenters. The smallest absolute Gasteiger partial charge is 0.168 e. The number of aliphatic hydroxyl groups is 1. The maximum atomic E-state index is 9.51. The van der Waals surface area contributed by atoms with Crippen LogP contribution in [0.25, 0.3) is 0 Å². The Balaban J connectivity index is 2.33. The molecule has 1 N–H and O–H groups in total. The summed E-state index contributed by atoms with van der Waals surface area (Å²) < 4.78 is 11.8. The summed E-state index contributed by atoms with van der Waals surface area (Å²) in [6.45, 7) is 0.00168. The van der Waals surface area contributed by atoms with E-state index < -0.39 is 0 Å². The zero-order valence-corrected chi connectivity index (χ0v) is 14.3. The lowest BCUT2D eigenvalue weighted by atomic mass is 10.2. The van der Waals surface area contributed by atoms with Crippen molar-refractivity contribution in [1.82, 2.24) is 0 Å². The minimum absolute atomic E-state index is 0.177. The molecular weight excluding hydrogens is 379 g/mol. The highest BCUT2D eigenvalue weighted by atomic mass is 79.9. The number of hydrogen-bond acceptors (Lipinski definition) is 3. The van der Waals surface area contributed by atoms with Crippen molar-refractivity contribution in [3.05, 3.63) is 56.0 Å². The van der Waals surface area contributed by atoms with E-state index in [1.807, 2.05) is 0 Å². The van der Waals surface area contributed by atoms with Gasteiger partial charge >= 0.3 is 0 Å². The van der Waals surface area contributed by atoms with E-state index in [0.29, 0.717) is 32.7 Å². The van der Waals surface area contributed by atoms with Gasteiger partial charge in [-0.1, -0.05) is 45.2 Å². The van der Waals surface area contributed by atoms with Gasteiger partial charge in [-0.3, -0.25) is 0 Å². The van der Waals surface area contributed by atoms with Gasteiger partial charge in [-0.25, -0.2) is 0 Å². The highest BCUT2D eigenvalue weighted by Gasteiger charge is 2.15. The molecule has 6 heteroatoms. The summed E-state index contributed by atoms with van der Waals surface area (Å²) in [5.41, 5.74) is 1.30. The van der Waals surface area contributed by atoms with Gasteiger partial charge in [0.15, 0.2) is 11.5 Å². The SMILES string of the molecule is COc1ccc(Br)c(CO)c1OCc1c(Cl)cccc1Cl. The number of methoxy groups -OCH3 is 1. The van der Waals surface area contributed by atoms with E-state index in [2.05, 4.69) is 15.9 Å². The second-order valence-electron chi connectivity index (χ2n) is 4.20. The molecule has 0 radical (unpaired) electrons. The Bertz CT molecular complexity index is 627. The van der Waals surface area contributed by atoms with Crippen LogP contribution in [0, 0.1) is 0 Å². The van der Waals surface area contributed by atoms with Gasteiger partial charge in [0.25, 0.3) is 0 Å². The molecule has 3 nitrogen and oxygen atoms in total. The fraction of sp³-hybridized carbons (Fsp3) is 0.200. The van der Waals surface area contributed by atoms with Crippen LogP contribution in [0.4, 0.5) is 0 Å². The molecule has 0 spiro atoms. The quantitative estimate of drug-likeness (QED) is 0.792. The number of benzene rings is 2. The van der Waals surface area contributed by atoms with Gasteiger partial charge in [0.1, 0.15) is 6.61 Å². The van der Waals surface area contributed by atoms with Crippen molar-refractivity contribution in [3.8, 4) is 11.5 Å². The fourth-order valence-corrected chi connectivity index (χ4v) is 2.81. The van der Waals surface area contributed by atoms with Crippen molar-refractivity contribution in [2.24, 2.45) is 0 Å². The Hall–Kier alpha value is -0.940. The first-order valence-corrected chi connectivity index (χ1v) is 7.65. The summed E-state index contributed by atoms with van der Waals surface area (Å²) >= 11 is 15.6. The van der Waals surface area contributed by atoms with E-state index in [0.717, 1.165) is 4.47 Å². The summed E-state index contributed by atoms with van der Waals surface area (Å²) in [6, 6.07) is 8.81. The van der Waals surface area contributed by atoms with Crippen LogP contribution >= 0.6 is 39.1 Å². The molecule has 0 bridgehead atoms. The van der Waals surface area contributed by atoms with E-state index in [9.17, 15) is 5.11 Å². The highest BCUT2D eigenvalue weighted by molar-refractivity contribution is 9.10. The van der Waals surface area contributed by atoms with Crippen LogP contribution < -0.4 is 9.47 Å². The van der Waals surface area contributed by atoms with Crippen molar-refractivity contribution in [2.75, 3.05) is 7.11 Å². The molecule has 112 valence electrons.